The summed E-state index contributed by atoms with van der Waals surface area (Å²) in [6.07, 6.45) is 0. The summed E-state index contributed by atoms with van der Waals surface area (Å²) in [6, 6.07) is 0.335. The molecule has 0 aliphatic rings. The van der Waals surface area contributed by atoms with Gasteiger partial charge in [0.2, 0.25) is 0 Å². The average molecular weight is 195 g/mol. The molecule has 0 amide bonds. The molecule has 0 spiro atoms. The minimum atomic E-state index is 0.114. The summed E-state index contributed by atoms with van der Waals surface area (Å²) in [6.45, 7) is 21.0. The van der Waals surface area contributed by atoms with Gasteiger partial charge in [-0.05, 0) is 12.8 Å². The van der Waals surface area contributed by atoms with Crippen LogP contribution in [0.4, 0.5) is 0 Å². The topological polar surface area (TPSA) is 12.0 Å². The van der Waals surface area contributed by atoms with E-state index in [1.807, 2.05) is 0 Å². The quantitative estimate of drug-likeness (QED) is 0.674. The predicted octanol–water partition coefficient (Wildman–Crippen LogP) is 3.74. The molecule has 0 rings (SSSR count). The molecule has 0 aromatic rings. The van der Waals surface area contributed by atoms with Gasteiger partial charge in [-0.3, -0.25) is 0 Å². The lowest BCUT2D eigenvalue weighted by molar-refractivity contribution is 0.403. The number of allylic oxidation sites excluding steroid dienone is 1. The zero-order valence-electron chi connectivity index (χ0n) is 10.6. The molecule has 0 saturated heterocycles. The summed E-state index contributed by atoms with van der Waals surface area (Å²) in [5, 5.41) is 3.46. The van der Waals surface area contributed by atoms with Crippen molar-refractivity contribution in [1.29, 1.82) is 0 Å². The first-order chi connectivity index (χ1) is 6.16. The van der Waals surface area contributed by atoms with Crippen molar-refractivity contribution in [3.05, 3.63) is 24.4 Å². The summed E-state index contributed by atoms with van der Waals surface area (Å²) in [7, 11) is 0. The largest absolute Gasteiger partial charge is 0.382 e. The van der Waals surface area contributed by atoms with Gasteiger partial charge in [-0.2, -0.15) is 0 Å². The lowest BCUT2D eigenvalue weighted by Gasteiger charge is -2.31. The molecule has 0 radical (unpaired) electrons. The maximum absolute atomic E-state index is 4.08. The molecule has 0 fully saturated rings. The van der Waals surface area contributed by atoms with Crippen molar-refractivity contribution in [1.82, 2.24) is 5.32 Å². The summed E-state index contributed by atoms with van der Waals surface area (Å²) < 4.78 is 0. The zero-order valence-corrected chi connectivity index (χ0v) is 10.6. The highest BCUT2D eigenvalue weighted by atomic mass is 14.9. The van der Waals surface area contributed by atoms with Gasteiger partial charge in [0.25, 0.3) is 0 Å². The van der Waals surface area contributed by atoms with Crippen molar-refractivity contribution in [2.45, 2.75) is 47.6 Å². The SMILES string of the molecule is C=C(C)C(NC(=C)C(C)(C)C)C(C)C. The molecule has 14 heavy (non-hydrogen) atoms. The maximum atomic E-state index is 4.08. The molecule has 0 saturated carbocycles. The van der Waals surface area contributed by atoms with Crippen LogP contribution in [0.25, 0.3) is 0 Å². The monoisotopic (exact) mass is 195 g/mol. The van der Waals surface area contributed by atoms with Crippen molar-refractivity contribution in [3.63, 3.8) is 0 Å². The minimum absolute atomic E-state index is 0.114. The molecule has 0 aliphatic carbocycles. The van der Waals surface area contributed by atoms with Crippen LogP contribution >= 0.6 is 0 Å². The predicted molar refractivity (Wildman–Crippen MR) is 65.2 cm³/mol. The molecular weight excluding hydrogens is 170 g/mol. The van der Waals surface area contributed by atoms with E-state index in [2.05, 4.69) is 60.0 Å². The van der Waals surface area contributed by atoms with E-state index in [4.69, 9.17) is 0 Å². The second-order valence-electron chi connectivity index (χ2n) is 5.44. The van der Waals surface area contributed by atoms with Crippen molar-refractivity contribution < 1.29 is 0 Å². The van der Waals surface area contributed by atoms with Crippen molar-refractivity contribution >= 4 is 0 Å². The van der Waals surface area contributed by atoms with E-state index in [0.717, 1.165) is 5.70 Å². The van der Waals surface area contributed by atoms with Crippen molar-refractivity contribution in [3.8, 4) is 0 Å². The van der Waals surface area contributed by atoms with Crippen LogP contribution in [0, 0.1) is 11.3 Å². The molecule has 1 unspecified atom stereocenters. The van der Waals surface area contributed by atoms with Gasteiger partial charge in [-0.25, -0.2) is 0 Å². The first-order valence-electron chi connectivity index (χ1n) is 5.27. The zero-order chi connectivity index (χ0) is 11.5. The van der Waals surface area contributed by atoms with Crippen LogP contribution in [0.1, 0.15) is 41.5 Å². The molecule has 82 valence electrons. The molecule has 0 heterocycles. The molecule has 1 heteroatoms. The van der Waals surface area contributed by atoms with Gasteiger partial charge in [-0.15, -0.1) is 0 Å². The Morgan fingerprint density at radius 1 is 1.14 bits per heavy atom. The van der Waals surface area contributed by atoms with Crippen LogP contribution in [-0.2, 0) is 0 Å². The summed E-state index contributed by atoms with van der Waals surface area (Å²) in [5.41, 5.74) is 2.37. The fraction of sp³-hybridized carbons (Fsp3) is 0.692. The van der Waals surface area contributed by atoms with Crippen LogP contribution in [0.15, 0.2) is 24.4 Å². The summed E-state index contributed by atoms with van der Waals surface area (Å²) in [5.74, 6) is 0.548. The van der Waals surface area contributed by atoms with Crippen LogP contribution in [0.5, 0.6) is 0 Å². The normalized spacial score (nSPS) is 13.9. The Hall–Kier alpha value is -0.720. The van der Waals surface area contributed by atoms with E-state index >= 15 is 0 Å². The standard InChI is InChI=1S/C13H25N/c1-9(2)12(10(3)4)14-11(5)13(6,7)8/h10,12,14H,1,5H2,2-4,6-8H3. The Bertz CT molecular complexity index is 218. The van der Waals surface area contributed by atoms with Crippen molar-refractivity contribution in [2.75, 3.05) is 0 Å². The van der Waals surface area contributed by atoms with Crippen LogP contribution < -0.4 is 5.32 Å². The second-order valence-corrected chi connectivity index (χ2v) is 5.44. The minimum Gasteiger partial charge on any atom is -0.382 e. The van der Waals surface area contributed by atoms with Gasteiger partial charge >= 0.3 is 0 Å². The Morgan fingerprint density at radius 3 is 1.79 bits per heavy atom. The third-order valence-corrected chi connectivity index (χ3v) is 2.43. The van der Waals surface area contributed by atoms with Crippen LogP contribution in [-0.4, -0.2) is 6.04 Å². The fourth-order valence-corrected chi connectivity index (χ4v) is 1.26. The highest BCUT2D eigenvalue weighted by molar-refractivity contribution is 5.12. The number of nitrogens with one attached hydrogen (secondary N) is 1. The van der Waals surface area contributed by atoms with Gasteiger partial charge in [0.15, 0.2) is 0 Å². The lowest BCUT2D eigenvalue weighted by atomic mass is 9.90. The van der Waals surface area contributed by atoms with Gasteiger partial charge in [0.05, 0.1) is 0 Å². The first kappa shape index (κ1) is 13.3. The lowest BCUT2D eigenvalue weighted by Crippen LogP contribution is -2.37. The van der Waals surface area contributed by atoms with E-state index in [0.29, 0.717) is 12.0 Å². The molecule has 1 N–H and O–H groups in total. The number of hydrogen-bond acceptors (Lipinski definition) is 1. The molecule has 0 aromatic carbocycles. The Balaban J connectivity index is 4.48. The van der Waals surface area contributed by atoms with Gasteiger partial charge in [0, 0.05) is 17.2 Å². The maximum Gasteiger partial charge on any atom is 0.0488 e. The Morgan fingerprint density at radius 2 is 1.57 bits per heavy atom. The highest BCUT2D eigenvalue weighted by Gasteiger charge is 2.20. The molecule has 0 aliphatic heterocycles. The Kier molecular flexibility index (Phi) is 4.44. The highest BCUT2D eigenvalue weighted by Crippen LogP contribution is 2.23. The molecule has 0 bridgehead atoms. The first-order valence-corrected chi connectivity index (χ1v) is 5.27. The molecule has 0 aromatic heterocycles. The molecular formula is C13H25N. The summed E-state index contributed by atoms with van der Waals surface area (Å²) in [4.78, 5) is 0. The van der Waals surface area contributed by atoms with E-state index in [9.17, 15) is 0 Å². The smallest absolute Gasteiger partial charge is 0.0488 e. The summed E-state index contributed by atoms with van der Waals surface area (Å²) >= 11 is 0. The van der Waals surface area contributed by atoms with E-state index < -0.39 is 0 Å². The fourth-order valence-electron chi connectivity index (χ4n) is 1.26. The molecule has 1 nitrogen and oxygen atoms in total. The molecule has 1 atom stereocenters. The number of hydrogen-bond donors (Lipinski definition) is 1. The van der Waals surface area contributed by atoms with Gasteiger partial charge in [-0.1, -0.05) is 53.3 Å². The van der Waals surface area contributed by atoms with E-state index in [1.54, 1.807) is 0 Å². The van der Waals surface area contributed by atoms with Crippen LogP contribution in [0.3, 0.4) is 0 Å². The Labute approximate surface area is 89.3 Å². The number of rotatable bonds is 4. The second kappa shape index (κ2) is 4.68. The van der Waals surface area contributed by atoms with E-state index in [1.165, 1.54) is 5.57 Å². The van der Waals surface area contributed by atoms with Crippen LogP contribution in [0.2, 0.25) is 0 Å². The van der Waals surface area contributed by atoms with Gasteiger partial charge in [0.1, 0.15) is 0 Å². The van der Waals surface area contributed by atoms with Crippen molar-refractivity contribution in [2.24, 2.45) is 11.3 Å². The third kappa shape index (κ3) is 3.99. The van der Waals surface area contributed by atoms with Gasteiger partial charge < -0.3 is 5.32 Å². The average Bonchev–Trinajstić information content (AvgIpc) is 1.96. The van der Waals surface area contributed by atoms with E-state index in [-0.39, 0.29) is 5.41 Å². The third-order valence-electron chi connectivity index (χ3n) is 2.43.